The molecule has 8 nitrogen and oxygen atoms in total. The third-order valence-electron chi connectivity index (χ3n) is 4.32. The van der Waals surface area contributed by atoms with Gasteiger partial charge in [0, 0.05) is 24.9 Å². The molecular formula is C17H17N5O3. The molecule has 0 spiro atoms. The number of fused-ring (bicyclic) bond motifs is 1. The van der Waals surface area contributed by atoms with E-state index in [0.717, 1.165) is 17.2 Å². The van der Waals surface area contributed by atoms with Crippen molar-refractivity contribution in [3.63, 3.8) is 0 Å². The molecule has 2 atom stereocenters. The van der Waals surface area contributed by atoms with Gasteiger partial charge in [-0.15, -0.1) is 0 Å². The molecule has 2 unspecified atom stereocenters. The van der Waals surface area contributed by atoms with Gasteiger partial charge in [-0.25, -0.2) is 0 Å². The van der Waals surface area contributed by atoms with Gasteiger partial charge in [0.05, 0.1) is 11.6 Å². The fraction of sp³-hybridized carbons (Fsp3) is 0.353. The molecule has 25 heavy (non-hydrogen) atoms. The maximum Gasteiger partial charge on any atom is 0.235 e. The van der Waals surface area contributed by atoms with Crippen LogP contribution in [0.5, 0.6) is 0 Å². The Morgan fingerprint density at radius 2 is 2.20 bits per heavy atom. The first-order chi connectivity index (χ1) is 12.0. The Kier molecular flexibility index (Phi) is 4.48. The summed E-state index contributed by atoms with van der Waals surface area (Å²) in [6.45, 7) is 0.181. The van der Waals surface area contributed by atoms with Crippen LogP contribution in [0.1, 0.15) is 12.8 Å². The van der Waals surface area contributed by atoms with Crippen LogP contribution >= 0.6 is 0 Å². The second-order valence-electron chi connectivity index (χ2n) is 6.04. The number of anilines is 1. The van der Waals surface area contributed by atoms with Crippen molar-refractivity contribution in [3.8, 4) is 6.07 Å². The highest BCUT2D eigenvalue weighted by Crippen LogP contribution is 2.24. The Hall–Kier alpha value is -3.21. The maximum atomic E-state index is 12.3. The molecule has 0 bridgehead atoms. The Labute approximate surface area is 144 Å². The van der Waals surface area contributed by atoms with Gasteiger partial charge in [0.1, 0.15) is 18.7 Å². The topological polar surface area (TPSA) is 108 Å². The van der Waals surface area contributed by atoms with Crippen molar-refractivity contribution in [1.82, 2.24) is 14.7 Å². The number of hydrogen-bond acceptors (Lipinski definition) is 5. The standard InChI is InChI=1S/C17H17N5O3/c1-21-14-5-3-2-4-13(14)17(20-21)19-15(24)7-16(25)22-9-11(10-23)6-12(22)8-18/h2-5,10-12H,6-7,9H2,1H3,(H,19,20,24). The molecule has 2 amide bonds. The fourth-order valence-corrected chi connectivity index (χ4v) is 3.09. The SMILES string of the molecule is Cn1nc(NC(=O)CC(=O)N2CC(C=O)CC2C#N)c2ccccc21. The number of amides is 2. The fourth-order valence-electron chi connectivity index (χ4n) is 3.09. The largest absolute Gasteiger partial charge is 0.325 e. The summed E-state index contributed by atoms with van der Waals surface area (Å²) in [7, 11) is 1.77. The van der Waals surface area contributed by atoms with E-state index in [9.17, 15) is 14.4 Å². The van der Waals surface area contributed by atoms with Gasteiger partial charge in [-0.1, -0.05) is 12.1 Å². The molecule has 8 heteroatoms. The van der Waals surface area contributed by atoms with Crippen molar-refractivity contribution < 1.29 is 14.4 Å². The van der Waals surface area contributed by atoms with E-state index < -0.39 is 24.3 Å². The van der Waals surface area contributed by atoms with E-state index in [1.807, 2.05) is 30.3 Å². The summed E-state index contributed by atoms with van der Waals surface area (Å²) < 4.78 is 1.65. The van der Waals surface area contributed by atoms with Gasteiger partial charge in [0.25, 0.3) is 0 Å². The molecule has 1 N–H and O–H groups in total. The summed E-state index contributed by atoms with van der Waals surface area (Å²) in [4.78, 5) is 36.7. The minimum absolute atomic E-state index is 0.181. The van der Waals surface area contributed by atoms with E-state index in [4.69, 9.17) is 5.26 Å². The lowest BCUT2D eigenvalue weighted by Crippen LogP contribution is -2.37. The summed E-state index contributed by atoms with van der Waals surface area (Å²) in [5.41, 5.74) is 0.863. The van der Waals surface area contributed by atoms with E-state index in [2.05, 4.69) is 10.4 Å². The van der Waals surface area contributed by atoms with E-state index in [0.29, 0.717) is 12.2 Å². The number of benzene rings is 1. The van der Waals surface area contributed by atoms with E-state index in [-0.39, 0.29) is 12.5 Å². The number of carbonyl (C=O) groups excluding carboxylic acids is 3. The third-order valence-corrected chi connectivity index (χ3v) is 4.32. The number of aldehydes is 1. The van der Waals surface area contributed by atoms with Gasteiger partial charge >= 0.3 is 0 Å². The zero-order valence-corrected chi connectivity index (χ0v) is 13.7. The molecule has 0 aliphatic carbocycles. The summed E-state index contributed by atoms with van der Waals surface area (Å²) in [5.74, 6) is -0.926. The average molecular weight is 339 g/mol. The molecule has 0 saturated carbocycles. The zero-order valence-electron chi connectivity index (χ0n) is 13.7. The van der Waals surface area contributed by atoms with Crippen LogP contribution in [0.4, 0.5) is 5.82 Å². The number of nitrogens with one attached hydrogen (secondary N) is 1. The average Bonchev–Trinajstić information content (AvgIpc) is 3.17. The second-order valence-corrected chi connectivity index (χ2v) is 6.04. The van der Waals surface area contributed by atoms with Crippen molar-refractivity contribution in [1.29, 1.82) is 5.26 Å². The van der Waals surface area contributed by atoms with Gasteiger partial charge in [0.2, 0.25) is 11.8 Å². The molecular weight excluding hydrogens is 322 g/mol. The van der Waals surface area contributed by atoms with E-state index in [1.165, 1.54) is 4.90 Å². The number of hydrogen-bond donors (Lipinski definition) is 1. The number of carbonyl (C=O) groups is 3. The van der Waals surface area contributed by atoms with Crippen molar-refractivity contribution in [2.24, 2.45) is 13.0 Å². The molecule has 0 radical (unpaired) electrons. The molecule has 1 aromatic carbocycles. The Bertz CT molecular complexity index is 882. The summed E-state index contributed by atoms with van der Waals surface area (Å²) >= 11 is 0. The number of nitriles is 1. The predicted octanol–water partition coefficient (Wildman–Crippen LogP) is 0.841. The molecule has 3 rings (SSSR count). The highest BCUT2D eigenvalue weighted by molar-refractivity contribution is 6.06. The van der Waals surface area contributed by atoms with Crippen molar-refractivity contribution in [2.45, 2.75) is 18.9 Å². The van der Waals surface area contributed by atoms with E-state index >= 15 is 0 Å². The first-order valence-electron chi connectivity index (χ1n) is 7.89. The molecule has 1 aromatic heterocycles. The van der Waals surface area contributed by atoms with Crippen LogP contribution in [0.2, 0.25) is 0 Å². The van der Waals surface area contributed by atoms with Crippen molar-refractivity contribution >= 4 is 34.8 Å². The molecule has 1 saturated heterocycles. The monoisotopic (exact) mass is 339 g/mol. The van der Waals surface area contributed by atoms with Crippen LogP contribution in [0.25, 0.3) is 10.9 Å². The molecule has 2 heterocycles. The smallest absolute Gasteiger partial charge is 0.235 e. The highest BCUT2D eigenvalue weighted by atomic mass is 16.2. The Balaban J connectivity index is 1.69. The maximum absolute atomic E-state index is 12.3. The van der Waals surface area contributed by atoms with Crippen molar-refractivity contribution in [2.75, 3.05) is 11.9 Å². The predicted molar refractivity (Wildman–Crippen MR) is 89.2 cm³/mol. The van der Waals surface area contributed by atoms with Crippen LogP contribution in [-0.4, -0.2) is 45.4 Å². The quantitative estimate of drug-likeness (QED) is 0.656. The molecule has 2 aromatic rings. The number of rotatable bonds is 4. The molecule has 128 valence electrons. The first-order valence-corrected chi connectivity index (χ1v) is 7.89. The van der Waals surface area contributed by atoms with Crippen LogP contribution in [-0.2, 0) is 21.4 Å². The van der Waals surface area contributed by atoms with Crippen LogP contribution in [0.3, 0.4) is 0 Å². The number of nitrogens with zero attached hydrogens (tertiary/aromatic N) is 4. The van der Waals surface area contributed by atoms with Gasteiger partial charge in [0.15, 0.2) is 5.82 Å². The van der Waals surface area contributed by atoms with Gasteiger partial charge in [-0.3, -0.25) is 14.3 Å². The summed E-state index contributed by atoms with van der Waals surface area (Å²) in [5, 5.41) is 16.8. The van der Waals surface area contributed by atoms with Crippen LogP contribution in [0, 0.1) is 17.2 Å². The number of aryl methyl sites for hydroxylation is 1. The van der Waals surface area contributed by atoms with Gasteiger partial charge in [-0.05, 0) is 18.6 Å². The molecule has 1 fully saturated rings. The number of likely N-dealkylation sites (tertiary alicyclic amines) is 1. The molecule has 1 aliphatic rings. The summed E-state index contributed by atoms with van der Waals surface area (Å²) in [6, 6.07) is 8.77. The lowest BCUT2D eigenvalue weighted by molar-refractivity contribution is -0.134. The third kappa shape index (κ3) is 3.21. The van der Waals surface area contributed by atoms with Gasteiger partial charge in [-0.2, -0.15) is 10.4 Å². The minimum atomic E-state index is -0.661. The highest BCUT2D eigenvalue weighted by Gasteiger charge is 2.35. The number of para-hydroxylation sites is 1. The zero-order chi connectivity index (χ0) is 18.0. The van der Waals surface area contributed by atoms with E-state index in [1.54, 1.807) is 11.7 Å². The Morgan fingerprint density at radius 1 is 1.44 bits per heavy atom. The number of aromatic nitrogens is 2. The van der Waals surface area contributed by atoms with Crippen LogP contribution < -0.4 is 5.32 Å². The van der Waals surface area contributed by atoms with Crippen molar-refractivity contribution in [3.05, 3.63) is 24.3 Å². The lowest BCUT2D eigenvalue weighted by Gasteiger charge is -2.19. The normalized spacial score (nSPS) is 19.6. The van der Waals surface area contributed by atoms with Gasteiger partial charge < -0.3 is 15.0 Å². The van der Waals surface area contributed by atoms with Crippen LogP contribution in [0.15, 0.2) is 24.3 Å². The first kappa shape index (κ1) is 16.6. The summed E-state index contributed by atoms with van der Waals surface area (Å²) in [6.07, 6.45) is 0.671. The Morgan fingerprint density at radius 3 is 2.92 bits per heavy atom. The lowest BCUT2D eigenvalue weighted by atomic mass is 10.1. The second kappa shape index (κ2) is 6.73. The molecule has 1 aliphatic heterocycles. The minimum Gasteiger partial charge on any atom is -0.325 e.